The minimum Gasteiger partial charge on any atom is -0.379 e. The summed E-state index contributed by atoms with van der Waals surface area (Å²) in [4.78, 5) is 2.42. The first-order valence-corrected chi connectivity index (χ1v) is 7.46. The standard InChI is InChI=1S/C14H20Cl2N2O/c15-13-2-1-12(14(16)11-13)3-4-17-5-6-18-7-9-19-10-8-18/h1-2,11,17H,3-10H2. The second kappa shape index (κ2) is 8.08. The van der Waals surface area contributed by atoms with Gasteiger partial charge in [-0.25, -0.2) is 0 Å². The first kappa shape index (κ1) is 15.1. The third-order valence-electron chi connectivity index (χ3n) is 3.29. The fourth-order valence-electron chi connectivity index (χ4n) is 2.13. The molecule has 0 radical (unpaired) electrons. The van der Waals surface area contributed by atoms with Crippen LogP contribution in [0.5, 0.6) is 0 Å². The highest BCUT2D eigenvalue weighted by atomic mass is 35.5. The Bertz CT molecular complexity index is 395. The second-order valence-electron chi connectivity index (χ2n) is 4.69. The van der Waals surface area contributed by atoms with Gasteiger partial charge < -0.3 is 10.1 Å². The van der Waals surface area contributed by atoms with Gasteiger partial charge in [-0.05, 0) is 30.7 Å². The summed E-state index contributed by atoms with van der Waals surface area (Å²) in [6, 6.07) is 5.68. The molecule has 0 spiro atoms. The summed E-state index contributed by atoms with van der Waals surface area (Å²) in [6.07, 6.45) is 0.930. The monoisotopic (exact) mass is 302 g/mol. The van der Waals surface area contributed by atoms with Gasteiger partial charge in [0.25, 0.3) is 0 Å². The van der Waals surface area contributed by atoms with Gasteiger partial charge in [0.15, 0.2) is 0 Å². The molecule has 1 aromatic carbocycles. The smallest absolute Gasteiger partial charge is 0.0594 e. The Hall–Kier alpha value is -0.320. The van der Waals surface area contributed by atoms with Crippen molar-refractivity contribution in [3.8, 4) is 0 Å². The zero-order valence-electron chi connectivity index (χ0n) is 11.0. The van der Waals surface area contributed by atoms with Gasteiger partial charge in [-0.3, -0.25) is 4.90 Å². The van der Waals surface area contributed by atoms with Crippen LogP contribution in [0.15, 0.2) is 18.2 Å². The predicted molar refractivity (Wildman–Crippen MR) is 80.3 cm³/mol. The highest BCUT2D eigenvalue weighted by Crippen LogP contribution is 2.20. The van der Waals surface area contributed by atoms with Gasteiger partial charge in [0.2, 0.25) is 0 Å². The Kier molecular flexibility index (Phi) is 6.41. The Morgan fingerprint density at radius 2 is 1.95 bits per heavy atom. The largest absolute Gasteiger partial charge is 0.379 e. The van der Waals surface area contributed by atoms with Crippen molar-refractivity contribution >= 4 is 23.2 Å². The summed E-state index contributed by atoms with van der Waals surface area (Å²) in [5.41, 5.74) is 1.14. The number of ether oxygens (including phenoxy) is 1. The van der Waals surface area contributed by atoms with Crippen molar-refractivity contribution in [3.05, 3.63) is 33.8 Å². The molecule has 19 heavy (non-hydrogen) atoms. The van der Waals surface area contributed by atoms with Crippen LogP contribution in [0.2, 0.25) is 10.0 Å². The maximum Gasteiger partial charge on any atom is 0.0594 e. The highest BCUT2D eigenvalue weighted by Gasteiger charge is 2.08. The minimum atomic E-state index is 0.689. The lowest BCUT2D eigenvalue weighted by molar-refractivity contribution is 0.0385. The number of nitrogens with one attached hydrogen (secondary N) is 1. The molecule has 1 heterocycles. The van der Waals surface area contributed by atoms with E-state index >= 15 is 0 Å². The van der Waals surface area contributed by atoms with Crippen LogP contribution in [0.4, 0.5) is 0 Å². The van der Waals surface area contributed by atoms with Crippen molar-refractivity contribution < 1.29 is 4.74 Å². The van der Waals surface area contributed by atoms with Crippen molar-refractivity contribution in [1.29, 1.82) is 0 Å². The van der Waals surface area contributed by atoms with Crippen molar-refractivity contribution in [1.82, 2.24) is 10.2 Å². The van der Waals surface area contributed by atoms with E-state index in [0.29, 0.717) is 5.02 Å². The van der Waals surface area contributed by atoms with Gasteiger partial charge in [-0.1, -0.05) is 29.3 Å². The highest BCUT2D eigenvalue weighted by molar-refractivity contribution is 6.35. The first-order valence-electron chi connectivity index (χ1n) is 6.70. The maximum atomic E-state index is 6.13. The summed E-state index contributed by atoms with van der Waals surface area (Å²) in [6.45, 7) is 6.84. The molecule has 1 saturated heterocycles. The van der Waals surface area contributed by atoms with Crippen LogP contribution in [0, 0.1) is 0 Å². The minimum absolute atomic E-state index is 0.689. The quantitative estimate of drug-likeness (QED) is 0.817. The molecule has 0 aromatic heterocycles. The summed E-state index contributed by atoms with van der Waals surface area (Å²) < 4.78 is 5.32. The maximum absolute atomic E-state index is 6.13. The molecule has 0 atom stereocenters. The predicted octanol–water partition coefficient (Wildman–Crippen LogP) is 2.46. The molecule has 0 saturated carbocycles. The molecule has 0 aliphatic carbocycles. The molecular formula is C14H20Cl2N2O. The van der Waals surface area contributed by atoms with Crippen molar-refractivity contribution in [2.45, 2.75) is 6.42 Å². The Morgan fingerprint density at radius 3 is 2.68 bits per heavy atom. The van der Waals surface area contributed by atoms with Gasteiger partial charge in [0.05, 0.1) is 13.2 Å². The number of hydrogen-bond donors (Lipinski definition) is 1. The molecule has 1 aromatic rings. The van der Waals surface area contributed by atoms with Gasteiger partial charge >= 0.3 is 0 Å². The lowest BCUT2D eigenvalue weighted by atomic mass is 10.1. The molecule has 1 fully saturated rings. The molecule has 3 nitrogen and oxygen atoms in total. The number of rotatable bonds is 6. The van der Waals surface area contributed by atoms with E-state index in [1.807, 2.05) is 12.1 Å². The summed E-state index contributed by atoms with van der Waals surface area (Å²) >= 11 is 12.0. The lowest BCUT2D eigenvalue weighted by Gasteiger charge is -2.26. The molecule has 2 rings (SSSR count). The molecule has 106 valence electrons. The molecule has 1 aliphatic heterocycles. The van der Waals surface area contributed by atoms with E-state index in [0.717, 1.165) is 62.9 Å². The Morgan fingerprint density at radius 1 is 1.16 bits per heavy atom. The summed E-state index contributed by atoms with van der Waals surface area (Å²) in [7, 11) is 0. The van der Waals surface area contributed by atoms with Crippen molar-refractivity contribution in [2.24, 2.45) is 0 Å². The normalized spacial score (nSPS) is 16.7. The number of benzene rings is 1. The van der Waals surface area contributed by atoms with Gasteiger partial charge in [-0.2, -0.15) is 0 Å². The van der Waals surface area contributed by atoms with E-state index in [1.54, 1.807) is 6.07 Å². The molecule has 0 bridgehead atoms. The van der Waals surface area contributed by atoms with Gasteiger partial charge in [-0.15, -0.1) is 0 Å². The zero-order chi connectivity index (χ0) is 13.5. The van der Waals surface area contributed by atoms with E-state index in [-0.39, 0.29) is 0 Å². The van der Waals surface area contributed by atoms with Gasteiger partial charge in [0.1, 0.15) is 0 Å². The molecule has 1 N–H and O–H groups in total. The fourth-order valence-corrected chi connectivity index (χ4v) is 2.64. The van der Waals surface area contributed by atoms with E-state index < -0.39 is 0 Å². The van der Waals surface area contributed by atoms with Crippen LogP contribution >= 0.6 is 23.2 Å². The average molecular weight is 303 g/mol. The number of nitrogens with zero attached hydrogens (tertiary/aromatic N) is 1. The fraction of sp³-hybridized carbons (Fsp3) is 0.571. The molecular weight excluding hydrogens is 283 g/mol. The first-order chi connectivity index (χ1) is 9.25. The molecule has 1 aliphatic rings. The van der Waals surface area contributed by atoms with Crippen LogP contribution < -0.4 is 5.32 Å². The summed E-state index contributed by atoms with van der Waals surface area (Å²) in [5, 5.41) is 4.89. The van der Waals surface area contributed by atoms with Crippen LogP contribution in [0.3, 0.4) is 0 Å². The molecule has 5 heteroatoms. The lowest BCUT2D eigenvalue weighted by Crippen LogP contribution is -2.40. The van der Waals surface area contributed by atoms with Crippen molar-refractivity contribution in [2.75, 3.05) is 45.9 Å². The van der Waals surface area contributed by atoms with Crippen LogP contribution in [0.25, 0.3) is 0 Å². The Balaban J connectivity index is 1.61. The van der Waals surface area contributed by atoms with E-state index in [2.05, 4.69) is 10.2 Å². The van der Waals surface area contributed by atoms with E-state index in [1.165, 1.54) is 0 Å². The summed E-state index contributed by atoms with van der Waals surface area (Å²) in [5.74, 6) is 0. The number of halogens is 2. The SMILES string of the molecule is Clc1ccc(CCNCCN2CCOCC2)c(Cl)c1. The van der Waals surface area contributed by atoms with Crippen LogP contribution in [0.1, 0.15) is 5.56 Å². The Labute approximate surface area is 124 Å². The second-order valence-corrected chi connectivity index (χ2v) is 5.53. The zero-order valence-corrected chi connectivity index (χ0v) is 12.5. The van der Waals surface area contributed by atoms with Crippen LogP contribution in [-0.4, -0.2) is 50.8 Å². The van der Waals surface area contributed by atoms with Crippen molar-refractivity contribution in [3.63, 3.8) is 0 Å². The number of morpholine rings is 1. The van der Waals surface area contributed by atoms with E-state index in [4.69, 9.17) is 27.9 Å². The van der Waals surface area contributed by atoms with Crippen LogP contribution in [-0.2, 0) is 11.2 Å². The third-order valence-corrected chi connectivity index (χ3v) is 3.88. The molecule has 0 amide bonds. The van der Waals surface area contributed by atoms with Gasteiger partial charge in [0, 0.05) is 36.2 Å². The molecule has 0 unspecified atom stereocenters. The average Bonchev–Trinajstić information content (AvgIpc) is 2.42. The third kappa shape index (κ3) is 5.28. The topological polar surface area (TPSA) is 24.5 Å². The van der Waals surface area contributed by atoms with E-state index in [9.17, 15) is 0 Å². The number of hydrogen-bond acceptors (Lipinski definition) is 3.